The fraction of sp³-hybridized carbons (Fsp3) is 0.143. The molecule has 0 atom stereocenters. The Morgan fingerprint density at radius 1 is 1.60 bits per heavy atom. The van der Waals surface area contributed by atoms with Crippen LogP contribution in [0.15, 0.2) is 32.0 Å². The average Bonchev–Trinajstić information content (AvgIpc) is 2.53. The Morgan fingerprint density at radius 3 is 3.00 bits per heavy atom. The molecule has 2 heterocycles. The summed E-state index contributed by atoms with van der Waals surface area (Å²) in [5.41, 5.74) is -0.248. The first-order valence-corrected chi connectivity index (χ1v) is 5.54. The number of aromatic amines is 1. The number of nitrogens with zero attached hydrogens (tertiary/aromatic N) is 4. The zero-order chi connectivity index (χ0) is 10.8. The highest BCUT2D eigenvalue weighted by Gasteiger charge is 2.09. The van der Waals surface area contributed by atoms with Crippen LogP contribution in [-0.2, 0) is 7.05 Å². The molecule has 0 fully saturated rings. The average molecular weight is 288 g/mol. The van der Waals surface area contributed by atoms with E-state index in [0.29, 0.717) is 10.2 Å². The molecule has 78 valence electrons. The maximum Gasteiger partial charge on any atom is 0.343 e. The highest BCUT2D eigenvalue weighted by molar-refractivity contribution is 9.10. The molecule has 0 saturated carbocycles. The molecule has 0 unspecified atom stereocenters. The highest BCUT2D eigenvalue weighted by Crippen LogP contribution is 2.28. The molecule has 2 aromatic heterocycles. The third-order valence-electron chi connectivity index (χ3n) is 1.66. The molecule has 0 aliphatic rings. The predicted molar refractivity (Wildman–Crippen MR) is 57.7 cm³/mol. The van der Waals surface area contributed by atoms with E-state index in [2.05, 4.69) is 36.1 Å². The van der Waals surface area contributed by atoms with Crippen molar-refractivity contribution < 1.29 is 0 Å². The summed E-state index contributed by atoms with van der Waals surface area (Å²) in [5, 5.41) is 7.48. The summed E-state index contributed by atoms with van der Waals surface area (Å²) in [4.78, 5) is 19.0. The van der Waals surface area contributed by atoms with Gasteiger partial charge in [-0.05, 0) is 27.7 Å². The van der Waals surface area contributed by atoms with Crippen molar-refractivity contribution in [2.45, 2.75) is 10.2 Å². The Labute approximate surface area is 97.3 Å². The standard InChI is InChI=1S/C7H6BrN5OS/c1-13-6(14)11-12-7(13)15-5-4(8)2-9-3-10-5/h2-3H,1H3,(H,11,14). The van der Waals surface area contributed by atoms with Gasteiger partial charge in [0.25, 0.3) is 0 Å². The highest BCUT2D eigenvalue weighted by atomic mass is 79.9. The van der Waals surface area contributed by atoms with Crippen molar-refractivity contribution in [2.24, 2.45) is 7.05 Å². The number of aromatic nitrogens is 5. The third-order valence-corrected chi connectivity index (χ3v) is 3.57. The summed E-state index contributed by atoms with van der Waals surface area (Å²) >= 11 is 4.60. The molecular formula is C7H6BrN5OS. The van der Waals surface area contributed by atoms with Crippen LogP contribution in [0.1, 0.15) is 0 Å². The van der Waals surface area contributed by atoms with Crippen LogP contribution in [0, 0.1) is 0 Å². The maximum absolute atomic E-state index is 11.1. The first kappa shape index (κ1) is 10.4. The second-order valence-corrected chi connectivity index (χ2v) is 4.46. The Kier molecular flexibility index (Phi) is 2.87. The number of nitrogens with one attached hydrogen (secondary N) is 1. The number of halogens is 1. The Hall–Kier alpha value is -1.15. The van der Waals surface area contributed by atoms with Crippen LogP contribution in [0.5, 0.6) is 0 Å². The second-order valence-electron chi connectivity index (χ2n) is 2.65. The van der Waals surface area contributed by atoms with Crippen molar-refractivity contribution in [3.05, 3.63) is 27.5 Å². The fourth-order valence-corrected chi connectivity index (χ4v) is 2.08. The smallest absolute Gasteiger partial charge is 0.273 e. The lowest BCUT2D eigenvalue weighted by molar-refractivity contribution is 0.764. The molecule has 0 bridgehead atoms. The summed E-state index contributed by atoms with van der Waals surface area (Å²) < 4.78 is 2.18. The van der Waals surface area contributed by atoms with Crippen molar-refractivity contribution in [3.63, 3.8) is 0 Å². The second kappa shape index (κ2) is 4.15. The van der Waals surface area contributed by atoms with Gasteiger partial charge in [0.2, 0.25) is 0 Å². The zero-order valence-electron chi connectivity index (χ0n) is 7.64. The molecule has 6 nitrogen and oxygen atoms in total. The molecule has 2 aromatic rings. The number of hydrogen-bond acceptors (Lipinski definition) is 5. The van der Waals surface area contributed by atoms with Gasteiger partial charge in [0.1, 0.15) is 11.4 Å². The van der Waals surface area contributed by atoms with E-state index in [9.17, 15) is 4.79 Å². The summed E-state index contributed by atoms with van der Waals surface area (Å²) in [7, 11) is 1.64. The lowest BCUT2D eigenvalue weighted by atomic mass is 10.7. The zero-order valence-corrected chi connectivity index (χ0v) is 10.0. The van der Waals surface area contributed by atoms with E-state index >= 15 is 0 Å². The van der Waals surface area contributed by atoms with E-state index in [1.54, 1.807) is 13.2 Å². The molecule has 0 aromatic carbocycles. The van der Waals surface area contributed by atoms with Gasteiger partial charge in [-0.2, -0.15) is 0 Å². The molecule has 0 aliphatic carbocycles. The lowest BCUT2D eigenvalue weighted by Gasteiger charge is -2.00. The third kappa shape index (κ3) is 2.10. The Bertz CT molecular complexity index is 536. The van der Waals surface area contributed by atoms with E-state index in [4.69, 9.17) is 0 Å². The molecule has 0 aliphatic heterocycles. The molecule has 15 heavy (non-hydrogen) atoms. The summed E-state index contributed by atoms with van der Waals surface area (Å²) in [6.45, 7) is 0. The van der Waals surface area contributed by atoms with Gasteiger partial charge in [0, 0.05) is 13.2 Å². The van der Waals surface area contributed by atoms with Crippen molar-refractivity contribution in [3.8, 4) is 0 Å². The Balaban J connectivity index is 2.34. The lowest BCUT2D eigenvalue weighted by Crippen LogP contribution is -2.12. The van der Waals surface area contributed by atoms with Crippen molar-refractivity contribution in [1.29, 1.82) is 0 Å². The van der Waals surface area contributed by atoms with E-state index in [0.717, 1.165) is 4.47 Å². The van der Waals surface area contributed by atoms with Crippen molar-refractivity contribution in [1.82, 2.24) is 24.7 Å². The maximum atomic E-state index is 11.1. The van der Waals surface area contributed by atoms with Crippen LogP contribution in [0.2, 0.25) is 0 Å². The largest absolute Gasteiger partial charge is 0.343 e. The summed E-state index contributed by atoms with van der Waals surface area (Å²) in [6, 6.07) is 0. The van der Waals surface area contributed by atoms with E-state index in [-0.39, 0.29) is 5.69 Å². The fourth-order valence-electron chi connectivity index (χ4n) is 0.887. The van der Waals surface area contributed by atoms with Gasteiger partial charge >= 0.3 is 5.69 Å². The normalized spacial score (nSPS) is 10.5. The molecule has 1 N–H and O–H groups in total. The van der Waals surface area contributed by atoms with Gasteiger partial charge in [-0.1, -0.05) is 0 Å². The van der Waals surface area contributed by atoms with Gasteiger partial charge in [-0.15, -0.1) is 5.10 Å². The van der Waals surface area contributed by atoms with Gasteiger partial charge in [-0.3, -0.25) is 4.57 Å². The van der Waals surface area contributed by atoms with Crippen molar-refractivity contribution >= 4 is 27.7 Å². The van der Waals surface area contributed by atoms with E-state index in [1.165, 1.54) is 22.7 Å². The first-order chi connectivity index (χ1) is 7.18. The molecule has 2 rings (SSSR count). The molecule has 0 saturated heterocycles. The minimum Gasteiger partial charge on any atom is -0.273 e. The van der Waals surface area contributed by atoms with Crippen LogP contribution in [-0.4, -0.2) is 24.7 Å². The van der Waals surface area contributed by atoms with Gasteiger partial charge in [0.15, 0.2) is 5.16 Å². The Morgan fingerprint density at radius 2 is 2.40 bits per heavy atom. The molecule has 0 amide bonds. The summed E-state index contributed by atoms with van der Waals surface area (Å²) in [5.74, 6) is 0. The monoisotopic (exact) mass is 287 g/mol. The summed E-state index contributed by atoms with van der Waals surface area (Å²) in [6.07, 6.45) is 3.08. The van der Waals surface area contributed by atoms with E-state index in [1.807, 2.05) is 0 Å². The van der Waals surface area contributed by atoms with Gasteiger partial charge < -0.3 is 0 Å². The van der Waals surface area contributed by atoms with Crippen LogP contribution in [0.25, 0.3) is 0 Å². The van der Waals surface area contributed by atoms with Gasteiger partial charge in [-0.25, -0.2) is 19.9 Å². The minimum absolute atomic E-state index is 0.248. The number of rotatable bonds is 2. The number of hydrogen-bond donors (Lipinski definition) is 1. The van der Waals surface area contributed by atoms with Crippen LogP contribution < -0.4 is 5.69 Å². The molecular weight excluding hydrogens is 282 g/mol. The molecule has 8 heteroatoms. The van der Waals surface area contributed by atoms with Crippen LogP contribution in [0.3, 0.4) is 0 Å². The minimum atomic E-state index is -0.248. The first-order valence-electron chi connectivity index (χ1n) is 3.93. The van der Waals surface area contributed by atoms with Gasteiger partial charge in [0.05, 0.1) is 4.47 Å². The molecule has 0 radical (unpaired) electrons. The van der Waals surface area contributed by atoms with E-state index < -0.39 is 0 Å². The predicted octanol–water partition coefficient (Wildman–Crippen LogP) is 0.812. The van der Waals surface area contributed by atoms with Crippen LogP contribution >= 0.6 is 27.7 Å². The van der Waals surface area contributed by atoms with Crippen molar-refractivity contribution in [2.75, 3.05) is 0 Å². The van der Waals surface area contributed by atoms with Crippen LogP contribution in [0.4, 0.5) is 0 Å². The number of H-pyrrole nitrogens is 1. The molecule has 0 spiro atoms. The topological polar surface area (TPSA) is 76.5 Å². The quantitative estimate of drug-likeness (QED) is 0.828. The SMILES string of the molecule is Cn1c(Sc2ncncc2Br)n[nH]c1=O.